The third kappa shape index (κ3) is 2.04. The van der Waals surface area contributed by atoms with Gasteiger partial charge in [-0.1, -0.05) is 0 Å². The van der Waals surface area contributed by atoms with E-state index in [1.54, 1.807) is 0 Å². The van der Waals surface area contributed by atoms with E-state index in [9.17, 15) is 5.26 Å². The van der Waals surface area contributed by atoms with Gasteiger partial charge in [0.05, 0.1) is 11.3 Å². The van der Waals surface area contributed by atoms with Gasteiger partial charge in [0.2, 0.25) is 0 Å². The van der Waals surface area contributed by atoms with Crippen LogP contribution in [0.15, 0.2) is 12.4 Å². The molecular weight excluding hydrogens is 260 g/mol. The monoisotopic (exact) mass is 278 g/mol. The predicted octanol–water partition coefficient (Wildman–Crippen LogP) is 2.90. The third-order valence-corrected chi connectivity index (χ3v) is 4.66. The van der Waals surface area contributed by atoms with Crippen LogP contribution in [-0.2, 0) is 25.7 Å². The zero-order chi connectivity index (χ0) is 14.2. The van der Waals surface area contributed by atoms with Crippen molar-refractivity contribution < 1.29 is 0 Å². The van der Waals surface area contributed by atoms with Crippen LogP contribution in [0.25, 0.3) is 5.82 Å². The highest BCUT2D eigenvalue weighted by Gasteiger charge is 2.21. The Morgan fingerprint density at radius 3 is 2.62 bits per heavy atom. The number of hydrogen-bond acceptors (Lipinski definition) is 3. The van der Waals surface area contributed by atoms with Crippen molar-refractivity contribution in [3.05, 3.63) is 40.6 Å². The van der Waals surface area contributed by atoms with E-state index in [-0.39, 0.29) is 0 Å². The number of imidazole rings is 1. The molecule has 2 aromatic heterocycles. The number of fused-ring (bicyclic) bond motifs is 2. The number of nitrogens with zero attached hydrogens (tertiary/aromatic N) is 4. The van der Waals surface area contributed by atoms with Gasteiger partial charge in [-0.25, -0.2) is 9.97 Å². The van der Waals surface area contributed by atoms with Crippen molar-refractivity contribution in [2.24, 2.45) is 0 Å². The van der Waals surface area contributed by atoms with Crippen molar-refractivity contribution in [3.63, 3.8) is 0 Å². The van der Waals surface area contributed by atoms with Crippen molar-refractivity contribution in [2.45, 2.75) is 51.4 Å². The van der Waals surface area contributed by atoms with Gasteiger partial charge in [-0.3, -0.25) is 4.57 Å². The van der Waals surface area contributed by atoms with Crippen LogP contribution in [0.3, 0.4) is 0 Å². The second-order valence-electron chi connectivity index (χ2n) is 6.00. The number of nitriles is 1. The van der Waals surface area contributed by atoms with Crippen LogP contribution in [-0.4, -0.2) is 14.5 Å². The molecule has 0 spiro atoms. The number of hydrogen-bond donors (Lipinski definition) is 0. The lowest BCUT2D eigenvalue weighted by Gasteiger charge is -2.19. The Bertz CT molecular complexity index is 736. The molecule has 4 nitrogen and oxygen atoms in total. The van der Waals surface area contributed by atoms with Crippen LogP contribution in [0, 0.1) is 11.3 Å². The van der Waals surface area contributed by atoms with E-state index in [1.165, 1.54) is 48.3 Å². The summed E-state index contributed by atoms with van der Waals surface area (Å²) in [5.41, 5.74) is 5.55. The lowest BCUT2D eigenvalue weighted by molar-refractivity contribution is 0.646. The Morgan fingerprint density at radius 1 is 1.00 bits per heavy atom. The Hall–Kier alpha value is -2.15. The Balaban J connectivity index is 1.88. The summed E-state index contributed by atoms with van der Waals surface area (Å²) < 4.78 is 2.06. The van der Waals surface area contributed by atoms with Gasteiger partial charge < -0.3 is 0 Å². The Kier molecular flexibility index (Phi) is 2.99. The van der Waals surface area contributed by atoms with Gasteiger partial charge in [-0.05, 0) is 63.0 Å². The minimum atomic E-state index is 0.682. The molecule has 0 unspecified atom stereocenters. The molecule has 2 aliphatic carbocycles. The standard InChI is InChI=1S/C17H18N4/c18-10-13-9-12-5-1-2-6-14(12)20-17(13)21-11-19-15-7-3-4-8-16(15)21/h9,11H,1-8H2. The van der Waals surface area contributed by atoms with Crippen LogP contribution in [0.4, 0.5) is 0 Å². The highest BCUT2D eigenvalue weighted by Crippen LogP contribution is 2.27. The maximum Gasteiger partial charge on any atom is 0.156 e. The molecule has 0 atom stereocenters. The first kappa shape index (κ1) is 12.6. The van der Waals surface area contributed by atoms with E-state index >= 15 is 0 Å². The fourth-order valence-electron chi connectivity index (χ4n) is 3.54. The summed E-state index contributed by atoms with van der Waals surface area (Å²) in [6, 6.07) is 4.38. The summed E-state index contributed by atoms with van der Waals surface area (Å²) in [4.78, 5) is 9.37. The zero-order valence-corrected chi connectivity index (χ0v) is 12.1. The second-order valence-corrected chi connectivity index (χ2v) is 6.00. The van der Waals surface area contributed by atoms with Gasteiger partial charge >= 0.3 is 0 Å². The first-order valence-corrected chi connectivity index (χ1v) is 7.85. The van der Waals surface area contributed by atoms with Crippen LogP contribution >= 0.6 is 0 Å². The maximum absolute atomic E-state index is 9.50. The summed E-state index contributed by atoms with van der Waals surface area (Å²) in [6.45, 7) is 0. The van der Waals surface area contributed by atoms with Crippen molar-refractivity contribution in [1.82, 2.24) is 14.5 Å². The molecule has 2 aliphatic rings. The van der Waals surface area contributed by atoms with E-state index in [0.29, 0.717) is 5.56 Å². The van der Waals surface area contributed by atoms with Crippen LogP contribution < -0.4 is 0 Å². The first-order chi connectivity index (χ1) is 10.4. The molecule has 4 rings (SSSR count). The predicted molar refractivity (Wildman–Crippen MR) is 79.4 cm³/mol. The lowest BCUT2D eigenvalue weighted by atomic mass is 9.95. The summed E-state index contributed by atoms with van der Waals surface area (Å²) in [5.74, 6) is 0.786. The van der Waals surface area contributed by atoms with Gasteiger partial charge in [0.25, 0.3) is 0 Å². The third-order valence-electron chi connectivity index (χ3n) is 4.66. The molecule has 4 heteroatoms. The van der Waals surface area contributed by atoms with Crippen LogP contribution in [0.5, 0.6) is 0 Å². The smallest absolute Gasteiger partial charge is 0.156 e. The van der Waals surface area contributed by atoms with E-state index in [0.717, 1.165) is 31.5 Å². The maximum atomic E-state index is 9.50. The van der Waals surface area contributed by atoms with Gasteiger partial charge in [-0.15, -0.1) is 0 Å². The van der Waals surface area contributed by atoms with Crippen molar-refractivity contribution in [1.29, 1.82) is 5.26 Å². The van der Waals surface area contributed by atoms with Gasteiger partial charge in [0.1, 0.15) is 12.4 Å². The van der Waals surface area contributed by atoms with Crippen LogP contribution in [0.2, 0.25) is 0 Å². The molecule has 0 aromatic carbocycles. The highest BCUT2D eigenvalue weighted by molar-refractivity contribution is 5.49. The van der Waals surface area contributed by atoms with Gasteiger partial charge in [0.15, 0.2) is 5.82 Å². The highest BCUT2D eigenvalue weighted by atomic mass is 15.1. The van der Waals surface area contributed by atoms with Crippen molar-refractivity contribution in [3.8, 4) is 11.9 Å². The molecule has 0 N–H and O–H groups in total. The Labute approximate surface area is 124 Å². The molecule has 0 saturated carbocycles. The minimum Gasteiger partial charge on any atom is -0.286 e. The van der Waals surface area contributed by atoms with E-state index in [1.807, 2.05) is 12.4 Å². The number of rotatable bonds is 1. The molecule has 0 aliphatic heterocycles. The quantitative estimate of drug-likeness (QED) is 0.806. The summed E-state index contributed by atoms with van der Waals surface area (Å²) in [5, 5.41) is 9.50. The SMILES string of the molecule is N#Cc1cc2c(nc1-n1cnc3c1CCCC3)CCCC2. The average Bonchev–Trinajstić information content (AvgIpc) is 2.97. The molecule has 21 heavy (non-hydrogen) atoms. The number of aromatic nitrogens is 3. The largest absolute Gasteiger partial charge is 0.286 e. The molecule has 0 radical (unpaired) electrons. The molecule has 0 saturated heterocycles. The normalized spacial score (nSPS) is 16.9. The lowest BCUT2D eigenvalue weighted by Crippen LogP contribution is -2.13. The molecule has 0 amide bonds. The summed E-state index contributed by atoms with van der Waals surface area (Å²) in [6.07, 6.45) is 10.9. The second kappa shape index (κ2) is 5.00. The van der Waals surface area contributed by atoms with Gasteiger partial charge in [-0.2, -0.15) is 5.26 Å². The molecule has 0 bridgehead atoms. The molecule has 0 fully saturated rings. The fourth-order valence-corrected chi connectivity index (χ4v) is 3.54. The number of pyridine rings is 1. The zero-order valence-electron chi connectivity index (χ0n) is 12.1. The summed E-state index contributed by atoms with van der Waals surface area (Å²) >= 11 is 0. The first-order valence-electron chi connectivity index (χ1n) is 7.85. The topological polar surface area (TPSA) is 54.5 Å². The molecule has 106 valence electrons. The Morgan fingerprint density at radius 2 is 1.76 bits per heavy atom. The van der Waals surface area contributed by atoms with E-state index in [4.69, 9.17) is 4.98 Å². The molecular formula is C17H18N4. The number of aryl methyl sites for hydroxylation is 3. The average molecular weight is 278 g/mol. The van der Waals surface area contributed by atoms with Crippen molar-refractivity contribution >= 4 is 0 Å². The fraction of sp³-hybridized carbons (Fsp3) is 0.471. The molecule has 2 aromatic rings. The summed E-state index contributed by atoms with van der Waals surface area (Å²) in [7, 11) is 0. The van der Waals surface area contributed by atoms with Crippen molar-refractivity contribution in [2.75, 3.05) is 0 Å². The van der Waals surface area contributed by atoms with E-state index in [2.05, 4.69) is 15.6 Å². The van der Waals surface area contributed by atoms with Gasteiger partial charge in [0, 0.05) is 11.4 Å². The molecule has 2 heterocycles. The van der Waals surface area contributed by atoms with Crippen LogP contribution in [0.1, 0.15) is 53.9 Å². The van der Waals surface area contributed by atoms with E-state index < -0.39 is 0 Å². The minimum absolute atomic E-state index is 0.682.